The van der Waals surface area contributed by atoms with Crippen LogP contribution in [0.3, 0.4) is 0 Å². The summed E-state index contributed by atoms with van der Waals surface area (Å²) >= 11 is 0. The Hall–Kier alpha value is -0.0400. The maximum Gasteiger partial charge on any atom is 0.0126 e. The zero-order chi connectivity index (χ0) is 7.56. The predicted molar refractivity (Wildman–Crippen MR) is 44.5 cm³/mol. The van der Waals surface area contributed by atoms with E-state index >= 15 is 0 Å². The van der Waals surface area contributed by atoms with Crippen LogP contribution in [0.4, 0.5) is 0 Å². The van der Waals surface area contributed by atoms with Crippen molar-refractivity contribution in [2.24, 2.45) is 0 Å². The molecule has 10 heavy (non-hydrogen) atoms. The predicted octanol–water partition coefficient (Wildman–Crippen LogP) is 1.90. The molecule has 0 saturated heterocycles. The van der Waals surface area contributed by atoms with Gasteiger partial charge in [-0.25, -0.2) is 0 Å². The summed E-state index contributed by atoms with van der Waals surface area (Å²) in [4.78, 5) is 2.27. The van der Waals surface area contributed by atoms with Crippen LogP contribution < -0.4 is 0 Å². The smallest absolute Gasteiger partial charge is 0.0126 e. The molecule has 1 saturated carbocycles. The van der Waals surface area contributed by atoms with E-state index in [1.54, 1.807) is 5.92 Å². The lowest BCUT2D eigenvalue weighted by molar-refractivity contribution is 0.325. The largest absolute Gasteiger partial charge is 0.306 e. The SMILES string of the molecule is C[C@H]([C]1[CH]CCC1)N(C)C. The van der Waals surface area contributed by atoms with Gasteiger partial charge in [0.2, 0.25) is 0 Å². The first-order valence-corrected chi connectivity index (χ1v) is 4.07. The number of hydrogen-bond donors (Lipinski definition) is 0. The minimum Gasteiger partial charge on any atom is -0.306 e. The monoisotopic (exact) mass is 139 g/mol. The highest BCUT2D eigenvalue weighted by Crippen LogP contribution is 2.30. The van der Waals surface area contributed by atoms with E-state index < -0.39 is 0 Å². The van der Waals surface area contributed by atoms with Crippen LogP contribution in [-0.4, -0.2) is 25.0 Å². The summed E-state index contributed by atoms with van der Waals surface area (Å²) < 4.78 is 0. The maximum atomic E-state index is 2.39. The molecule has 0 amide bonds. The second-order valence-electron chi connectivity index (χ2n) is 3.31. The molecule has 0 spiro atoms. The average molecular weight is 139 g/mol. The first-order valence-electron chi connectivity index (χ1n) is 4.07. The first-order chi connectivity index (χ1) is 4.72. The molecule has 0 aromatic heterocycles. The summed E-state index contributed by atoms with van der Waals surface area (Å²) in [7, 11) is 4.29. The van der Waals surface area contributed by atoms with Gasteiger partial charge in [-0.3, -0.25) is 0 Å². The van der Waals surface area contributed by atoms with Gasteiger partial charge >= 0.3 is 0 Å². The first kappa shape index (κ1) is 8.06. The molecule has 0 bridgehead atoms. The molecule has 1 heteroatoms. The summed E-state index contributed by atoms with van der Waals surface area (Å²) in [6.45, 7) is 2.27. The molecule has 1 fully saturated rings. The Balaban J connectivity index is 2.32. The van der Waals surface area contributed by atoms with Crippen molar-refractivity contribution in [1.29, 1.82) is 0 Å². The summed E-state index contributed by atoms with van der Waals surface area (Å²) in [6, 6.07) is 0.655. The van der Waals surface area contributed by atoms with Crippen molar-refractivity contribution >= 4 is 0 Å². The Morgan fingerprint density at radius 3 is 2.60 bits per heavy atom. The van der Waals surface area contributed by atoms with E-state index in [2.05, 4.69) is 32.3 Å². The molecule has 2 radical (unpaired) electrons. The van der Waals surface area contributed by atoms with Gasteiger partial charge in [-0.05, 0) is 46.2 Å². The molecule has 1 rings (SSSR count). The average Bonchev–Trinajstić information content (AvgIpc) is 2.36. The van der Waals surface area contributed by atoms with Gasteiger partial charge in [0.15, 0.2) is 0 Å². The molecule has 0 aliphatic heterocycles. The zero-order valence-electron chi connectivity index (χ0n) is 7.22. The third-order valence-corrected chi connectivity index (χ3v) is 2.39. The highest BCUT2D eigenvalue weighted by atomic mass is 15.1. The van der Waals surface area contributed by atoms with Crippen LogP contribution in [0.25, 0.3) is 0 Å². The van der Waals surface area contributed by atoms with Crippen molar-refractivity contribution in [3.8, 4) is 0 Å². The summed E-state index contributed by atoms with van der Waals surface area (Å²) in [5, 5.41) is 0. The van der Waals surface area contributed by atoms with Gasteiger partial charge in [-0.1, -0.05) is 6.42 Å². The fraction of sp³-hybridized carbons (Fsp3) is 0.778. The fourth-order valence-electron chi connectivity index (χ4n) is 1.41. The van der Waals surface area contributed by atoms with Crippen molar-refractivity contribution in [2.75, 3.05) is 14.1 Å². The Kier molecular flexibility index (Phi) is 2.72. The van der Waals surface area contributed by atoms with Crippen LogP contribution >= 0.6 is 0 Å². The molecule has 1 nitrogen and oxygen atoms in total. The summed E-state index contributed by atoms with van der Waals surface area (Å²) in [5.74, 6) is 1.63. The third kappa shape index (κ3) is 1.72. The van der Waals surface area contributed by atoms with E-state index in [1.807, 2.05) is 0 Å². The molecular weight excluding hydrogens is 122 g/mol. The van der Waals surface area contributed by atoms with Crippen LogP contribution in [-0.2, 0) is 0 Å². The van der Waals surface area contributed by atoms with E-state index in [0.29, 0.717) is 6.04 Å². The van der Waals surface area contributed by atoms with Crippen molar-refractivity contribution in [3.63, 3.8) is 0 Å². The van der Waals surface area contributed by atoms with Gasteiger partial charge in [0.1, 0.15) is 0 Å². The quantitative estimate of drug-likeness (QED) is 0.565. The van der Waals surface area contributed by atoms with E-state index in [4.69, 9.17) is 0 Å². The van der Waals surface area contributed by atoms with Gasteiger partial charge in [-0.2, -0.15) is 0 Å². The topological polar surface area (TPSA) is 3.24 Å². The lowest BCUT2D eigenvalue weighted by Crippen LogP contribution is -2.29. The van der Waals surface area contributed by atoms with Crippen LogP contribution in [0, 0.1) is 12.3 Å². The van der Waals surface area contributed by atoms with Crippen LogP contribution in [0.1, 0.15) is 26.2 Å². The molecule has 0 heterocycles. The Morgan fingerprint density at radius 1 is 1.50 bits per heavy atom. The standard InChI is InChI=1S/C9H17N/c1-8(10(2)3)9-6-4-5-7-9/h6,8H,4-5,7H2,1-3H3/t8-/m1/s1. The molecule has 1 aliphatic carbocycles. The molecule has 0 N–H and O–H groups in total. The van der Waals surface area contributed by atoms with E-state index in [9.17, 15) is 0 Å². The van der Waals surface area contributed by atoms with Gasteiger partial charge in [0, 0.05) is 6.04 Å². The van der Waals surface area contributed by atoms with Crippen molar-refractivity contribution in [1.82, 2.24) is 4.90 Å². The van der Waals surface area contributed by atoms with Gasteiger partial charge in [-0.15, -0.1) is 0 Å². The molecular formula is C9H17N. The molecule has 0 unspecified atom stereocenters. The lowest BCUT2D eigenvalue weighted by atomic mass is 9.99. The molecule has 58 valence electrons. The van der Waals surface area contributed by atoms with Crippen LogP contribution in [0.2, 0.25) is 0 Å². The Bertz CT molecular complexity index is 92.9. The zero-order valence-corrected chi connectivity index (χ0v) is 7.22. The number of hydrogen-bond acceptors (Lipinski definition) is 1. The number of nitrogens with zero attached hydrogens (tertiary/aromatic N) is 1. The van der Waals surface area contributed by atoms with Crippen LogP contribution in [0.15, 0.2) is 0 Å². The Labute approximate surface area is 64.4 Å². The van der Waals surface area contributed by atoms with Crippen molar-refractivity contribution in [2.45, 2.75) is 32.2 Å². The molecule has 0 aromatic rings. The highest BCUT2D eigenvalue weighted by Gasteiger charge is 2.23. The van der Waals surface area contributed by atoms with Gasteiger partial charge < -0.3 is 4.90 Å². The van der Waals surface area contributed by atoms with Gasteiger partial charge in [0.25, 0.3) is 0 Å². The minimum atomic E-state index is 0.655. The minimum absolute atomic E-state index is 0.655. The van der Waals surface area contributed by atoms with E-state index in [0.717, 1.165) is 0 Å². The second kappa shape index (κ2) is 3.38. The van der Waals surface area contributed by atoms with E-state index in [-0.39, 0.29) is 0 Å². The second-order valence-corrected chi connectivity index (χ2v) is 3.31. The number of rotatable bonds is 2. The summed E-state index contributed by atoms with van der Waals surface area (Å²) in [6.07, 6.45) is 6.38. The maximum absolute atomic E-state index is 2.39. The van der Waals surface area contributed by atoms with E-state index in [1.165, 1.54) is 19.3 Å². The molecule has 1 aliphatic rings. The van der Waals surface area contributed by atoms with Crippen molar-refractivity contribution < 1.29 is 0 Å². The highest BCUT2D eigenvalue weighted by molar-refractivity contribution is 5.14. The Morgan fingerprint density at radius 2 is 2.20 bits per heavy atom. The van der Waals surface area contributed by atoms with Gasteiger partial charge in [0.05, 0.1) is 0 Å². The molecule has 0 aromatic carbocycles. The summed E-state index contributed by atoms with van der Waals surface area (Å²) in [5.41, 5.74) is 0. The third-order valence-electron chi connectivity index (χ3n) is 2.39. The molecule has 1 atom stereocenters. The van der Waals surface area contributed by atoms with Crippen LogP contribution in [0.5, 0.6) is 0 Å². The normalized spacial score (nSPS) is 24.0. The van der Waals surface area contributed by atoms with Crippen molar-refractivity contribution in [3.05, 3.63) is 12.3 Å². The lowest BCUT2D eigenvalue weighted by Gasteiger charge is -2.24. The fourth-order valence-corrected chi connectivity index (χ4v) is 1.41.